The zero-order chi connectivity index (χ0) is 15.7. The summed E-state index contributed by atoms with van der Waals surface area (Å²) >= 11 is 0. The van der Waals surface area contributed by atoms with Gasteiger partial charge in [0.15, 0.2) is 0 Å². The maximum absolute atomic E-state index is 12.3. The van der Waals surface area contributed by atoms with Crippen molar-refractivity contribution in [2.45, 2.75) is 13.8 Å². The van der Waals surface area contributed by atoms with Crippen LogP contribution in [0.5, 0.6) is 0 Å². The molecule has 5 nitrogen and oxygen atoms in total. The predicted molar refractivity (Wildman–Crippen MR) is 87.0 cm³/mol. The van der Waals surface area contributed by atoms with Crippen molar-refractivity contribution in [1.29, 1.82) is 0 Å². The van der Waals surface area contributed by atoms with E-state index in [1.807, 2.05) is 39.1 Å². The Morgan fingerprint density at radius 2 is 2.10 bits per heavy atom. The predicted octanol–water partition coefficient (Wildman–Crippen LogP) is 1.73. The number of rotatable bonds is 9. The van der Waals surface area contributed by atoms with Crippen LogP contribution in [0.3, 0.4) is 0 Å². The molecule has 0 saturated carbocycles. The molecule has 0 aliphatic heterocycles. The molecule has 0 unspecified atom stereocenters. The molecule has 0 aromatic heterocycles. The van der Waals surface area contributed by atoms with Gasteiger partial charge in [0.25, 0.3) is 5.91 Å². The van der Waals surface area contributed by atoms with E-state index < -0.39 is 0 Å². The molecule has 0 aliphatic carbocycles. The van der Waals surface area contributed by atoms with Gasteiger partial charge < -0.3 is 20.3 Å². The fraction of sp³-hybridized carbons (Fsp3) is 0.562. The Balaban J connectivity index is 2.53. The van der Waals surface area contributed by atoms with Crippen LogP contribution in [-0.2, 0) is 4.74 Å². The van der Waals surface area contributed by atoms with Crippen molar-refractivity contribution in [3.8, 4) is 0 Å². The van der Waals surface area contributed by atoms with Crippen LogP contribution in [0.1, 0.15) is 22.8 Å². The van der Waals surface area contributed by atoms with E-state index in [1.165, 1.54) is 0 Å². The van der Waals surface area contributed by atoms with Gasteiger partial charge in [-0.15, -0.1) is 0 Å². The minimum absolute atomic E-state index is 0.0326. The lowest BCUT2D eigenvalue weighted by Crippen LogP contribution is -2.34. The van der Waals surface area contributed by atoms with E-state index in [-0.39, 0.29) is 5.91 Å². The van der Waals surface area contributed by atoms with Gasteiger partial charge in [-0.25, -0.2) is 0 Å². The van der Waals surface area contributed by atoms with Crippen LogP contribution < -0.4 is 10.6 Å². The first-order chi connectivity index (χ1) is 10.1. The Bertz CT molecular complexity index is 449. The number of benzene rings is 1. The largest absolute Gasteiger partial charge is 0.385 e. The van der Waals surface area contributed by atoms with Crippen LogP contribution in [0.2, 0.25) is 0 Å². The van der Waals surface area contributed by atoms with E-state index in [4.69, 9.17) is 4.74 Å². The van der Waals surface area contributed by atoms with Gasteiger partial charge in [-0.2, -0.15) is 0 Å². The number of carbonyl (C=O) groups is 1. The third kappa shape index (κ3) is 6.14. The summed E-state index contributed by atoms with van der Waals surface area (Å²) in [6, 6.07) is 5.88. The Labute approximate surface area is 127 Å². The summed E-state index contributed by atoms with van der Waals surface area (Å²) in [7, 11) is 3.71. The molecule has 0 spiro atoms. The van der Waals surface area contributed by atoms with Crippen LogP contribution in [0.15, 0.2) is 18.2 Å². The van der Waals surface area contributed by atoms with Gasteiger partial charge in [0.2, 0.25) is 0 Å². The minimum Gasteiger partial charge on any atom is -0.385 e. The number of aryl methyl sites for hydroxylation is 1. The average molecular weight is 293 g/mol. The average Bonchev–Trinajstić information content (AvgIpc) is 2.47. The quantitative estimate of drug-likeness (QED) is 0.728. The smallest absolute Gasteiger partial charge is 0.253 e. The van der Waals surface area contributed by atoms with Gasteiger partial charge in [-0.1, -0.05) is 11.6 Å². The van der Waals surface area contributed by atoms with Crippen molar-refractivity contribution in [1.82, 2.24) is 10.2 Å². The number of ether oxygens (including phenoxy) is 1. The van der Waals surface area contributed by atoms with Gasteiger partial charge in [0.1, 0.15) is 0 Å². The van der Waals surface area contributed by atoms with Crippen LogP contribution in [0.4, 0.5) is 5.69 Å². The first-order valence-electron chi connectivity index (χ1n) is 7.38. The molecule has 0 bridgehead atoms. The maximum atomic E-state index is 12.3. The number of methoxy groups -OCH3 is 1. The van der Waals surface area contributed by atoms with E-state index in [0.717, 1.165) is 30.9 Å². The summed E-state index contributed by atoms with van der Waals surface area (Å²) in [5, 5.41) is 6.19. The van der Waals surface area contributed by atoms with Crippen LogP contribution in [0, 0.1) is 6.92 Å². The highest BCUT2D eigenvalue weighted by atomic mass is 16.5. The summed E-state index contributed by atoms with van der Waals surface area (Å²) in [5.74, 6) is -0.0326. The number of carbonyl (C=O) groups excluding carboxylic acids is 1. The van der Waals surface area contributed by atoms with E-state index in [1.54, 1.807) is 7.11 Å². The second-order valence-electron chi connectivity index (χ2n) is 5.13. The molecule has 21 heavy (non-hydrogen) atoms. The number of hydrogen-bond donors (Lipinski definition) is 2. The zero-order valence-electron chi connectivity index (χ0n) is 13.5. The number of nitrogens with one attached hydrogen (secondary N) is 2. The minimum atomic E-state index is -0.0326. The molecule has 0 atom stereocenters. The molecule has 5 heteroatoms. The summed E-state index contributed by atoms with van der Waals surface area (Å²) in [4.78, 5) is 14.4. The monoisotopic (exact) mass is 293 g/mol. The van der Waals surface area contributed by atoms with E-state index in [2.05, 4.69) is 15.5 Å². The molecule has 1 amide bonds. The van der Waals surface area contributed by atoms with Crippen LogP contribution in [0.25, 0.3) is 0 Å². The lowest BCUT2D eigenvalue weighted by Gasteiger charge is -2.17. The number of hydrogen-bond acceptors (Lipinski definition) is 4. The molecule has 1 rings (SSSR count). The number of amides is 1. The van der Waals surface area contributed by atoms with E-state index in [0.29, 0.717) is 18.7 Å². The normalized spacial score (nSPS) is 10.7. The van der Waals surface area contributed by atoms with Crippen LogP contribution >= 0.6 is 0 Å². The highest BCUT2D eigenvalue weighted by Gasteiger charge is 2.11. The highest BCUT2D eigenvalue weighted by Crippen LogP contribution is 2.17. The standard InChI is InChI=1S/C16H27N3O2/c1-5-17-15-7-6-13(2)12-14(15)16(20)18-8-9-19(3)10-11-21-4/h6-7,12,17H,5,8-11H2,1-4H3,(H,18,20). The Morgan fingerprint density at radius 3 is 2.76 bits per heavy atom. The SMILES string of the molecule is CCNc1ccc(C)cc1C(=O)NCCN(C)CCOC. The summed E-state index contributed by atoms with van der Waals surface area (Å²) in [5.41, 5.74) is 2.67. The van der Waals surface area contributed by atoms with Gasteiger partial charge in [0, 0.05) is 39.0 Å². The number of anilines is 1. The molecule has 2 N–H and O–H groups in total. The molecule has 0 fully saturated rings. The van der Waals surface area contributed by atoms with Gasteiger partial charge >= 0.3 is 0 Å². The topological polar surface area (TPSA) is 53.6 Å². The molecular formula is C16H27N3O2. The molecule has 0 radical (unpaired) electrons. The number of likely N-dealkylation sites (N-methyl/N-ethyl adjacent to an activating group) is 1. The Kier molecular flexibility index (Phi) is 7.79. The third-order valence-electron chi connectivity index (χ3n) is 3.24. The lowest BCUT2D eigenvalue weighted by atomic mass is 10.1. The molecular weight excluding hydrogens is 266 g/mol. The molecule has 0 saturated heterocycles. The first kappa shape index (κ1) is 17.5. The van der Waals surface area contributed by atoms with Crippen molar-refractivity contribution in [3.63, 3.8) is 0 Å². The highest BCUT2D eigenvalue weighted by molar-refractivity contribution is 5.99. The third-order valence-corrected chi connectivity index (χ3v) is 3.24. The molecule has 0 heterocycles. The molecule has 1 aromatic rings. The molecule has 118 valence electrons. The second-order valence-corrected chi connectivity index (χ2v) is 5.13. The number of nitrogens with zero attached hydrogens (tertiary/aromatic N) is 1. The maximum Gasteiger partial charge on any atom is 0.253 e. The fourth-order valence-electron chi connectivity index (χ4n) is 2.00. The van der Waals surface area contributed by atoms with Crippen molar-refractivity contribution < 1.29 is 9.53 Å². The van der Waals surface area contributed by atoms with E-state index in [9.17, 15) is 4.79 Å². The fourth-order valence-corrected chi connectivity index (χ4v) is 2.00. The van der Waals surface area contributed by atoms with Crippen molar-refractivity contribution in [2.75, 3.05) is 52.3 Å². The van der Waals surface area contributed by atoms with Gasteiger partial charge in [-0.05, 0) is 33.0 Å². The molecule has 0 aliphatic rings. The summed E-state index contributed by atoms with van der Waals surface area (Å²) in [6.45, 7) is 7.79. The summed E-state index contributed by atoms with van der Waals surface area (Å²) < 4.78 is 5.03. The zero-order valence-corrected chi connectivity index (χ0v) is 13.5. The van der Waals surface area contributed by atoms with Crippen molar-refractivity contribution in [3.05, 3.63) is 29.3 Å². The van der Waals surface area contributed by atoms with E-state index >= 15 is 0 Å². The Morgan fingerprint density at radius 1 is 1.33 bits per heavy atom. The molecule has 1 aromatic carbocycles. The second kappa shape index (κ2) is 9.37. The van der Waals surface area contributed by atoms with Crippen molar-refractivity contribution in [2.24, 2.45) is 0 Å². The van der Waals surface area contributed by atoms with Gasteiger partial charge in [-0.3, -0.25) is 4.79 Å². The van der Waals surface area contributed by atoms with Gasteiger partial charge in [0.05, 0.1) is 12.2 Å². The Hall–Kier alpha value is -1.59. The van der Waals surface area contributed by atoms with Crippen molar-refractivity contribution >= 4 is 11.6 Å². The lowest BCUT2D eigenvalue weighted by molar-refractivity contribution is 0.0948. The summed E-state index contributed by atoms with van der Waals surface area (Å²) in [6.07, 6.45) is 0. The first-order valence-corrected chi connectivity index (χ1v) is 7.38. The van der Waals surface area contributed by atoms with Crippen LogP contribution in [-0.4, -0.2) is 57.8 Å².